The summed E-state index contributed by atoms with van der Waals surface area (Å²) in [5.74, 6) is 1.34. The molecule has 0 aliphatic carbocycles. The third-order valence-corrected chi connectivity index (χ3v) is 5.73. The zero-order valence-corrected chi connectivity index (χ0v) is 16.0. The normalized spacial score (nSPS) is 15.3. The number of aromatic nitrogens is 2. The Morgan fingerprint density at radius 2 is 1.89 bits per heavy atom. The van der Waals surface area contributed by atoms with E-state index in [9.17, 15) is 13.4 Å². The number of amides is 1. The summed E-state index contributed by atoms with van der Waals surface area (Å²) in [6.07, 6.45) is 0.177. The van der Waals surface area contributed by atoms with Crippen molar-refractivity contribution >= 4 is 22.5 Å². The smallest absolute Gasteiger partial charge is 0.229 e. The topological polar surface area (TPSA) is 73.2 Å². The van der Waals surface area contributed by atoms with Crippen LogP contribution in [0.5, 0.6) is 5.75 Å². The summed E-state index contributed by atoms with van der Waals surface area (Å²) in [5.41, 5.74) is 2.93. The highest BCUT2D eigenvalue weighted by Crippen LogP contribution is 2.31. The van der Waals surface area contributed by atoms with Crippen LogP contribution in [0.25, 0.3) is 5.69 Å². The maximum absolute atomic E-state index is 13.3. The molecule has 0 radical (unpaired) electrons. The quantitative estimate of drug-likeness (QED) is 0.716. The van der Waals surface area contributed by atoms with Gasteiger partial charge in [0.15, 0.2) is 0 Å². The SMILES string of the molecule is COc1ccc(CC(=O)Nc2c3c(nn2-c2ccc(F)cc2)C[S@](=O)C3)cc1. The predicted octanol–water partition coefficient (Wildman–Crippen LogP) is 2.96. The van der Waals surface area contributed by atoms with Crippen molar-refractivity contribution in [3.05, 3.63) is 71.2 Å². The predicted molar refractivity (Wildman–Crippen MR) is 104 cm³/mol. The van der Waals surface area contributed by atoms with Crippen molar-refractivity contribution in [2.24, 2.45) is 0 Å². The molecule has 0 saturated carbocycles. The molecule has 1 atom stereocenters. The average molecular weight is 399 g/mol. The second kappa shape index (κ2) is 7.55. The van der Waals surface area contributed by atoms with E-state index >= 15 is 0 Å². The summed E-state index contributed by atoms with van der Waals surface area (Å²) in [5, 5.41) is 7.40. The molecule has 0 unspecified atom stereocenters. The van der Waals surface area contributed by atoms with Crippen molar-refractivity contribution < 1.29 is 18.1 Å². The van der Waals surface area contributed by atoms with Gasteiger partial charge in [0.1, 0.15) is 17.4 Å². The van der Waals surface area contributed by atoms with E-state index < -0.39 is 10.8 Å². The van der Waals surface area contributed by atoms with Crippen LogP contribution in [-0.2, 0) is 33.5 Å². The van der Waals surface area contributed by atoms with Gasteiger partial charge < -0.3 is 10.1 Å². The van der Waals surface area contributed by atoms with Crippen molar-refractivity contribution in [1.29, 1.82) is 0 Å². The molecule has 1 aliphatic heterocycles. The molecule has 4 rings (SSSR count). The molecule has 144 valence electrons. The van der Waals surface area contributed by atoms with Gasteiger partial charge in [-0.15, -0.1) is 0 Å². The fraction of sp³-hybridized carbons (Fsp3) is 0.200. The number of rotatable bonds is 5. The molecule has 28 heavy (non-hydrogen) atoms. The monoisotopic (exact) mass is 399 g/mol. The molecule has 2 heterocycles. The standard InChI is InChI=1S/C20H18FN3O3S/c1-27-16-8-2-13(3-9-16)10-19(25)22-20-17-11-28(26)12-18(17)23-24(20)15-6-4-14(21)5-7-15/h2-9H,10-12H2,1H3,(H,22,25)/t28-/m1/s1. The van der Waals surface area contributed by atoms with Gasteiger partial charge in [0, 0.05) is 16.4 Å². The van der Waals surface area contributed by atoms with Gasteiger partial charge >= 0.3 is 0 Å². The molecule has 3 aromatic rings. The fourth-order valence-corrected chi connectivity index (χ4v) is 4.39. The highest BCUT2D eigenvalue weighted by molar-refractivity contribution is 7.83. The van der Waals surface area contributed by atoms with Crippen molar-refractivity contribution in [3.8, 4) is 11.4 Å². The number of carbonyl (C=O) groups is 1. The van der Waals surface area contributed by atoms with Crippen molar-refractivity contribution in [2.45, 2.75) is 17.9 Å². The number of carbonyl (C=O) groups excluding carboxylic acids is 1. The second-order valence-electron chi connectivity index (χ2n) is 6.46. The minimum absolute atomic E-state index is 0.177. The van der Waals surface area contributed by atoms with Crippen molar-refractivity contribution in [2.75, 3.05) is 12.4 Å². The molecule has 0 fully saturated rings. The molecule has 1 aliphatic rings. The Morgan fingerprint density at radius 3 is 2.57 bits per heavy atom. The van der Waals surface area contributed by atoms with E-state index in [0.717, 1.165) is 16.9 Å². The van der Waals surface area contributed by atoms with E-state index in [2.05, 4.69) is 10.4 Å². The minimum Gasteiger partial charge on any atom is -0.497 e. The summed E-state index contributed by atoms with van der Waals surface area (Å²) in [4.78, 5) is 12.6. The molecular formula is C20H18FN3O3S. The number of benzene rings is 2. The summed E-state index contributed by atoms with van der Waals surface area (Å²) in [7, 11) is 0.562. The summed E-state index contributed by atoms with van der Waals surface area (Å²) < 4.78 is 31.9. The van der Waals surface area contributed by atoms with E-state index in [1.807, 2.05) is 12.1 Å². The highest BCUT2D eigenvalue weighted by Gasteiger charge is 2.28. The van der Waals surface area contributed by atoms with Crippen LogP contribution in [0.3, 0.4) is 0 Å². The molecule has 2 aromatic carbocycles. The van der Waals surface area contributed by atoms with Gasteiger partial charge in [-0.25, -0.2) is 9.07 Å². The first-order chi connectivity index (χ1) is 13.5. The van der Waals surface area contributed by atoms with Crippen molar-refractivity contribution in [3.63, 3.8) is 0 Å². The number of nitrogens with zero attached hydrogens (tertiary/aromatic N) is 2. The van der Waals surface area contributed by atoms with Crippen LogP contribution in [0, 0.1) is 5.82 Å². The summed E-state index contributed by atoms with van der Waals surface area (Å²) >= 11 is 0. The largest absolute Gasteiger partial charge is 0.497 e. The van der Waals surface area contributed by atoms with Gasteiger partial charge in [-0.05, 0) is 42.0 Å². The Morgan fingerprint density at radius 1 is 1.18 bits per heavy atom. The molecule has 1 aromatic heterocycles. The van der Waals surface area contributed by atoms with Crippen LogP contribution in [0.15, 0.2) is 48.5 Å². The van der Waals surface area contributed by atoms with E-state index in [4.69, 9.17) is 4.74 Å². The Labute approximate surface area is 163 Å². The molecule has 8 heteroatoms. The maximum Gasteiger partial charge on any atom is 0.229 e. The van der Waals surface area contributed by atoms with Crippen LogP contribution in [0.4, 0.5) is 10.2 Å². The third kappa shape index (κ3) is 3.68. The second-order valence-corrected chi connectivity index (χ2v) is 7.92. The average Bonchev–Trinajstić information content (AvgIpc) is 3.20. The van der Waals surface area contributed by atoms with Crippen LogP contribution in [-0.4, -0.2) is 27.0 Å². The Balaban J connectivity index is 1.61. The lowest BCUT2D eigenvalue weighted by atomic mass is 10.1. The molecule has 0 saturated heterocycles. The van der Waals surface area contributed by atoms with E-state index in [0.29, 0.717) is 28.7 Å². The molecule has 1 amide bonds. The van der Waals surface area contributed by atoms with Gasteiger partial charge in [-0.1, -0.05) is 12.1 Å². The first kappa shape index (κ1) is 18.4. The fourth-order valence-electron chi connectivity index (χ4n) is 3.13. The first-order valence-corrected chi connectivity index (χ1v) is 10.2. The van der Waals surface area contributed by atoms with Gasteiger partial charge in [0.25, 0.3) is 0 Å². The Kier molecular flexibility index (Phi) is 4.95. The number of anilines is 1. The van der Waals surface area contributed by atoms with Crippen LogP contribution >= 0.6 is 0 Å². The van der Waals surface area contributed by atoms with Gasteiger partial charge in [0.2, 0.25) is 5.91 Å². The number of ether oxygens (including phenoxy) is 1. The number of methoxy groups -OCH3 is 1. The van der Waals surface area contributed by atoms with Gasteiger partial charge in [-0.2, -0.15) is 5.10 Å². The van der Waals surface area contributed by atoms with E-state index in [1.165, 1.54) is 12.1 Å². The van der Waals surface area contributed by atoms with Crippen LogP contribution < -0.4 is 10.1 Å². The first-order valence-electron chi connectivity index (χ1n) is 8.68. The lowest BCUT2D eigenvalue weighted by Gasteiger charge is -2.11. The maximum atomic E-state index is 13.3. The number of hydrogen-bond donors (Lipinski definition) is 1. The van der Waals surface area contributed by atoms with Crippen LogP contribution in [0.1, 0.15) is 16.8 Å². The zero-order valence-electron chi connectivity index (χ0n) is 15.1. The number of fused-ring (bicyclic) bond motifs is 1. The Hall–Kier alpha value is -3.00. The lowest BCUT2D eigenvalue weighted by molar-refractivity contribution is -0.115. The number of halogens is 1. The number of hydrogen-bond acceptors (Lipinski definition) is 4. The molecule has 0 bridgehead atoms. The summed E-state index contributed by atoms with van der Waals surface area (Å²) in [6.45, 7) is 0. The van der Waals surface area contributed by atoms with E-state index in [-0.39, 0.29) is 18.1 Å². The van der Waals surface area contributed by atoms with Gasteiger partial charge in [-0.3, -0.25) is 9.00 Å². The molecular weight excluding hydrogens is 381 g/mol. The lowest BCUT2D eigenvalue weighted by Crippen LogP contribution is -2.18. The van der Waals surface area contributed by atoms with Crippen LogP contribution in [0.2, 0.25) is 0 Å². The zero-order chi connectivity index (χ0) is 19.7. The minimum atomic E-state index is -1.02. The summed E-state index contributed by atoms with van der Waals surface area (Å²) in [6, 6.07) is 13.1. The highest BCUT2D eigenvalue weighted by atomic mass is 32.2. The Bertz CT molecular complexity index is 1050. The molecule has 0 spiro atoms. The van der Waals surface area contributed by atoms with E-state index in [1.54, 1.807) is 36.1 Å². The molecule has 1 N–H and O–H groups in total. The number of nitrogens with one attached hydrogen (secondary N) is 1. The van der Waals surface area contributed by atoms with Crippen molar-refractivity contribution in [1.82, 2.24) is 9.78 Å². The van der Waals surface area contributed by atoms with Gasteiger partial charge in [0.05, 0.1) is 36.4 Å². The molecule has 6 nitrogen and oxygen atoms in total. The third-order valence-electron chi connectivity index (χ3n) is 4.52.